The number of aliphatic hydroxyl groups is 1. The Morgan fingerprint density at radius 1 is 0.971 bits per heavy atom. The molecule has 4 rings (SSSR count). The molecule has 0 radical (unpaired) electrons. The molecular weight excluding hydrogens is 464 g/mol. The summed E-state index contributed by atoms with van der Waals surface area (Å²) < 4.78 is 31.5. The molecular formula is C23H16N2O8S. The predicted octanol–water partition coefficient (Wildman–Crippen LogP) is 2.53. The first-order valence-electron chi connectivity index (χ1n) is 9.68. The van der Waals surface area contributed by atoms with E-state index in [1.165, 1.54) is 54.6 Å². The van der Waals surface area contributed by atoms with Crippen LogP contribution in [0.5, 0.6) is 23.0 Å². The quantitative estimate of drug-likeness (QED) is 0.141. The van der Waals surface area contributed by atoms with Crippen molar-refractivity contribution in [2.75, 3.05) is 0 Å². The molecule has 0 saturated heterocycles. The maximum absolute atomic E-state index is 13.2. The van der Waals surface area contributed by atoms with E-state index in [1.807, 2.05) is 0 Å². The Morgan fingerprint density at radius 3 is 2.35 bits per heavy atom. The highest BCUT2D eigenvalue weighted by Gasteiger charge is 2.33. The first-order chi connectivity index (χ1) is 16.1. The molecule has 0 aliphatic heterocycles. The summed E-state index contributed by atoms with van der Waals surface area (Å²) in [6.07, 6.45) is 1.12. The second-order valence-corrected chi connectivity index (χ2v) is 8.76. The molecule has 0 aromatic heterocycles. The summed E-state index contributed by atoms with van der Waals surface area (Å²) in [5.41, 5.74) is 8.77. The summed E-state index contributed by atoms with van der Waals surface area (Å²) in [7, 11) is -4.71. The van der Waals surface area contributed by atoms with Gasteiger partial charge in [0.25, 0.3) is 0 Å². The van der Waals surface area contributed by atoms with Gasteiger partial charge in [-0.25, -0.2) is 0 Å². The van der Waals surface area contributed by atoms with E-state index in [2.05, 4.69) is 4.79 Å². The number of hydrogen-bond donors (Lipinski definition) is 4. The van der Waals surface area contributed by atoms with Crippen LogP contribution in [0.2, 0.25) is 0 Å². The fourth-order valence-corrected chi connectivity index (χ4v) is 4.63. The van der Waals surface area contributed by atoms with Gasteiger partial charge in [-0.1, -0.05) is 12.1 Å². The topological polar surface area (TPSA) is 178 Å². The number of aliphatic hydroxyl groups excluding tert-OH is 1. The van der Waals surface area contributed by atoms with Crippen molar-refractivity contribution in [1.82, 2.24) is 0 Å². The Bertz CT molecular complexity index is 1500. The van der Waals surface area contributed by atoms with Crippen LogP contribution >= 0.6 is 0 Å². The summed E-state index contributed by atoms with van der Waals surface area (Å²) in [5, 5.41) is 40.0. The van der Waals surface area contributed by atoms with Crippen molar-refractivity contribution in [3.8, 4) is 23.0 Å². The molecule has 1 unspecified atom stereocenters. The lowest BCUT2D eigenvalue weighted by Crippen LogP contribution is -2.19. The van der Waals surface area contributed by atoms with E-state index in [-0.39, 0.29) is 33.7 Å². The van der Waals surface area contributed by atoms with Crippen LogP contribution in [0, 0.1) is 0 Å². The monoisotopic (exact) mass is 480 g/mol. The molecule has 34 heavy (non-hydrogen) atoms. The molecule has 1 aliphatic rings. The van der Waals surface area contributed by atoms with Gasteiger partial charge in [-0.3, -0.25) is 4.79 Å². The summed E-state index contributed by atoms with van der Waals surface area (Å²) in [5.74, 6) is -3.32. The smallest absolute Gasteiger partial charge is 0.339 e. The summed E-state index contributed by atoms with van der Waals surface area (Å²) in [6.45, 7) is 0. The second kappa shape index (κ2) is 8.49. The summed E-state index contributed by atoms with van der Waals surface area (Å²) in [6, 6.07) is 11.1. The highest BCUT2D eigenvalue weighted by molar-refractivity contribution is 7.87. The number of aromatic hydroxyl groups is 3. The van der Waals surface area contributed by atoms with Crippen molar-refractivity contribution in [3.63, 3.8) is 0 Å². The lowest BCUT2D eigenvalue weighted by Gasteiger charge is -2.18. The summed E-state index contributed by atoms with van der Waals surface area (Å²) >= 11 is 0. The number of rotatable bonds is 5. The molecule has 1 aliphatic carbocycles. The van der Waals surface area contributed by atoms with Crippen molar-refractivity contribution in [3.05, 3.63) is 88.5 Å². The number of ketones is 1. The van der Waals surface area contributed by atoms with Crippen LogP contribution in [0.15, 0.2) is 65.6 Å². The molecule has 0 saturated carbocycles. The van der Waals surface area contributed by atoms with E-state index < -0.39 is 44.1 Å². The van der Waals surface area contributed by atoms with E-state index in [4.69, 9.17) is 9.71 Å². The molecule has 1 atom stereocenters. The molecule has 3 aromatic carbocycles. The number of phenols is 3. The third kappa shape index (κ3) is 3.90. The van der Waals surface area contributed by atoms with Crippen molar-refractivity contribution >= 4 is 27.7 Å². The number of hydrogen-bond acceptors (Lipinski definition) is 8. The normalized spacial score (nSPS) is 14.9. The lowest BCUT2D eigenvalue weighted by atomic mass is 9.93. The number of carbonyl (C=O) groups excluding carboxylic acids is 1. The largest absolute Gasteiger partial charge is 0.508 e. The Balaban J connectivity index is 1.82. The predicted molar refractivity (Wildman–Crippen MR) is 118 cm³/mol. The third-order valence-electron chi connectivity index (χ3n) is 5.16. The van der Waals surface area contributed by atoms with Crippen molar-refractivity contribution < 1.29 is 42.6 Å². The molecule has 172 valence electrons. The molecule has 4 N–H and O–H groups in total. The van der Waals surface area contributed by atoms with E-state index in [9.17, 15) is 33.6 Å². The van der Waals surface area contributed by atoms with Gasteiger partial charge in [0.1, 0.15) is 10.6 Å². The average Bonchev–Trinajstić information content (AvgIpc) is 2.82. The fraction of sp³-hybridized carbons (Fsp3) is 0.0435. The molecule has 0 fully saturated rings. The highest BCUT2D eigenvalue weighted by atomic mass is 32.2. The Hall–Kier alpha value is -4.44. The van der Waals surface area contributed by atoms with Crippen LogP contribution < -0.4 is 4.18 Å². The van der Waals surface area contributed by atoms with E-state index in [0.29, 0.717) is 0 Å². The van der Waals surface area contributed by atoms with Gasteiger partial charge in [-0.05, 0) is 48.5 Å². The second-order valence-electron chi connectivity index (χ2n) is 7.24. The van der Waals surface area contributed by atoms with Gasteiger partial charge in [0.15, 0.2) is 23.4 Å². The number of carbonyl (C=O) groups is 1. The molecule has 3 aromatic rings. The van der Waals surface area contributed by atoms with Gasteiger partial charge in [0.05, 0.1) is 5.56 Å². The first-order valence-corrected chi connectivity index (χ1v) is 11.1. The summed E-state index contributed by atoms with van der Waals surface area (Å²) in [4.78, 5) is 15.5. The minimum absolute atomic E-state index is 0.0495. The fourth-order valence-electron chi connectivity index (χ4n) is 3.45. The first kappa shape index (κ1) is 22.7. The van der Waals surface area contributed by atoms with Gasteiger partial charge >= 0.3 is 15.8 Å². The molecule has 0 heterocycles. The molecule has 11 heteroatoms. The average molecular weight is 480 g/mol. The Kier molecular flexibility index (Phi) is 5.68. The van der Waals surface area contributed by atoms with E-state index in [0.717, 1.165) is 12.1 Å². The van der Waals surface area contributed by atoms with E-state index >= 15 is 0 Å². The van der Waals surface area contributed by atoms with Gasteiger partial charge < -0.3 is 30.1 Å². The number of benzene rings is 3. The lowest BCUT2D eigenvalue weighted by molar-refractivity contribution is -0.0188. The Morgan fingerprint density at radius 2 is 1.68 bits per heavy atom. The molecule has 0 amide bonds. The van der Waals surface area contributed by atoms with Gasteiger partial charge in [-0.2, -0.15) is 13.2 Å². The van der Waals surface area contributed by atoms with Crippen molar-refractivity contribution in [2.24, 2.45) is 0 Å². The van der Waals surface area contributed by atoms with E-state index in [1.54, 1.807) is 0 Å². The van der Waals surface area contributed by atoms with Crippen LogP contribution in [-0.2, 0) is 10.1 Å². The number of nitrogens with zero attached hydrogens (tertiary/aromatic N) is 2. The van der Waals surface area contributed by atoms with Crippen LogP contribution in [0.4, 0.5) is 0 Å². The minimum Gasteiger partial charge on any atom is -0.508 e. The zero-order chi connectivity index (χ0) is 24.6. The van der Waals surface area contributed by atoms with Crippen molar-refractivity contribution in [1.29, 1.82) is 0 Å². The SMILES string of the molecule is [N-]=[N+]=C1C=Cc2c(cccc2S(=O)(=O)Oc2c(C(=O)c3ccc(O)cc3)ccc(O)c2O)C1O. The van der Waals surface area contributed by atoms with Crippen molar-refractivity contribution in [2.45, 2.75) is 11.0 Å². The maximum atomic E-state index is 13.2. The molecule has 0 bridgehead atoms. The molecule has 0 spiro atoms. The van der Waals surface area contributed by atoms with Gasteiger partial charge in [0.2, 0.25) is 5.75 Å². The zero-order valence-corrected chi connectivity index (χ0v) is 18.0. The third-order valence-corrected chi connectivity index (χ3v) is 6.44. The van der Waals surface area contributed by atoms with Crippen LogP contribution in [0.25, 0.3) is 11.6 Å². The zero-order valence-electron chi connectivity index (χ0n) is 17.2. The van der Waals surface area contributed by atoms with Crippen LogP contribution in [0.3, 0.4) is 0 Å². The van der Waals surface area contributed by atoms with Crippen LogP contribution in [0.1, 0.15) is 33.2 Å². The van der Waals surface area contributed by atoms with Gasteiger partial charge in [-0.15, -0.1) is 0 Å². The van der Waals surface area contributed by atoms with Crippen LogP contribution in [-0.4, -0.2) is 45.1 Å². The van der Waals surface area contributed by atoms with Gasteiger partial charge in [0, 0.05) is 22.8 Å². The minimum atomic E-state index is -4.71. The number of fused-ring (bicyclic) bond motifs is 1. The standard InChI is InChI=1S/C23H16N2O8S/c24-25-17-10-8-14-15(21(17)29)2-1-3-19(14)34(31,32)33-23-16(9-11-18(27)22(23)30)20(28)12-4-6-13(26)7-5-12/h1-11,21,26-27,29-30H. The maximum Gasteiger partial charge on any atom is 0.339 e. The highest BCUT2D eigenvalue weighted by Crippen LogP contribution is 2.41. The Labute approximate surface area is 193 Å². The molecule has 10 nitrogen and oxygen atoms in total. The number of phenolic OH excluding ortho intramolecular Hbond substituents is 3.